The van der Waals surface area contributed by atoms with Gasteiger partial charge in [0.15, 0.2) is 0 Å². The molecule has 0 bridgehead atoms. The number of nitrogens with zero attached hydrogens (tertiary/aromatic N) is 2. The Kier molecular flexibility index (Phi) is 2.77. The third kappa shape index (κ3) is 1.92. The summed E-state index contributed by atoms with van der Waals surface area (Å²) >= 11 is 0. The maximum absolute atomic E-state index is 8.83. The van der Waals surface area contributed by atoms with Crippen LogP contribution in [0.25, 0.3) is 0 Å². The van der Waals surface area contributed by atoms with Crippen molar-refractivity contribution in [1.82, 2.24) is 4.57 Å². The van der Waals surface area contributed by atoms with Crippen LogP contribution in [0, 0.1) is 31.1 Å². The van der Waals surface area contributed by atoms with E-state index in [1.54, 1.807) is 0 Å². The Morgan fingerprint density at radius 1 is 1.46 bits per heavy atom. The number of nitriles is 1. The van der Waals surface area contributed by atoms with Gasteiger partial charge in [-0.3, -0.25) is 0 Å². The van der Waals surface area contributed by atoms with Crippen molar-refractivity contribution in [3.8, 4) is 6.07 Å². The van der Waals surface area contributed by atoms with E-state index in [1.807, 2.05) is 13.0 Å². The van der Waals surface area contributed by atoms with Crippen LogP contribution in [0.3, 0.4) is 0 Å². The molecule has 0 spiro atoms. The first-order chi connectivity index (χ1) is 6.06. The predicted molar refractivity (Wildman–Crippen MR) is 53.5 cm³/mol. The molecule has 0 saturated heterocycles. The molecule has 1 rings (SSSR count). The summed E-state index contributed by atoms with van der Waals surface area (Å²) in [7, 11) is 0. The van der Waals surface area contributed by atoms with Crippen LogP contribution in [0.5, 0.6) is 0 Å². The predicted octanol–water partition coefficient (Wildman–Crippen LogP) is 2.63. The van der Waals surface area contributed by atoms with Crippen molar-refractivity contribution in [2.45, 2.75) is 34.2 Å². The molecule has 0 amide bonds. The molecule has 0 unspecified atom stereocenters. The highest BCUT2D eigenvalue weighted by Crippen LogP contribution is 2.15. The summed E-state index contributed by atoms with van der Waals surface area (Å²) in [6, 6.07) is 4.16. The lowest BCUT2D eigenvalue weighted by Gasteiger charge is -2.11. The third-order valence-corrected chi connectivity index (χ3v) is 2.24. The standard InChI is InChI=1S/C11H16N2/c1-8(2)7-13-9(3)5-11(6-12)10(13)4/h5,8H,7H2,1-4H3. The van der Waals surface area contributed by atoms with E-state index >= 15 is 0 Å². The van der Waals surface area contributed by atoms with Crippen LogP contribution in [0.2, 0.25) is 0 Å². The first-order valence-electron chi connectivity index (χ1n) is 4.63. The molecule has 1 aromatic heterocycles. The molecule has 0 N–H and O–H groups in total. The minimum atomic E-state index is 0.622. The fourth-order valence-corrected chi connectivity index (χ4v) is 1.56. The molecule has 0 aliphatic heterocycles. The average Bonchev–Trinajstić information content (AvgIpc) is 2.31. The van der Waals surface area contributed by atoms with Gasteiger partial charge in [0, 0.05) is 17.9 Å². The third-order valence-electron chi connectivity index (χ3n) is 2.24. The van der Waals surface area contributed by atoms with Gasteiger partial charge < -0.3 is 4.57 Å². The summed E-state index contributed by atoms with van der Waals surface area (Å²) in [5.41, 5.74) is 3.08. The van der Waals surface area contributed by atoms with Gasteiger partial charge in [0.25, 0.3) is 0 Å². The molecule has 1 aromatic rings. The Labute approximate surface area is 79.8 Å². The van der Waals surface area contributed by atoms with Crippen LogP contribution in [0.1, 0.15) is 30.8 Å². The first kappa shape index (κ1) is 9.85. The van der Waals surface area contributed by atoms with Crippen LogP contribution in [0.15, 0.2) is 6.07 Å². The summed E-state index contributed by atoms with van der Waals surface area (Å²) in [6.45, 7) is 9.43. The topological polar surface area (TPSA) is 28.7 Å². The van der Waals surface area contributed by atoms with Gasteiger partial charge in [-0.1, -0.05) is 13.8 Å². The highest BCUT2D eigenvalue weighted by atomic mass is 15.0. The maximum Gasteiger partial charge on any atom is 0.101 e. The molecule has 0 aliphatic rings. The molecular weight excluding hydrogens is 160 g/mol. The second-order valence-corrected chi connectivity index (χ2v) is 3.90. The van der Waals surface area contributed by atoms with Crippen molar-refractivity contribution < 1.29 is 0 Å². The highest BCUT2D eigenvalue weighted by Gasteiger charge is 2.08. The van der Waals surface area contributed by atoms with E-state index in [1.165, 1.54) is 5.69 Å². The lowest BCUT2D eigenvalue weighted by atomic mass is 10.2. The minimum absolute atomic E-state index is 0.622. The Balaban J connectivity index is 3.07. The number of rotatable bonds is 2. The van der Waals surface area contributed by atoms with Gasteiger partial charge in [0.2, 0.25) is 0 Å². The smallest absolute Gasteiger partial charge is 0.101 e. The first-order valence-corrected chi connectivity index (χ1v) is 4.63. The summed E-state index contributed by atoms with van der Waals surface area (Å²) in [5.74, 6) is 0.622. The monoisotopic (exact) mass is 176 g/mol. The van der Waals surface area contributed by atoms with Gasteiger partial charge in [0.05, 0.1) is 5.56 Å². The SMILES string of the molecule is Cc1cc(C#N)c(C)n1CC(C)C. The molecular formula is C11H16N2. The number of hydrogen-bond acceptors (Lipinski definition) is 1. The van der Waals surface area contributed by atoms with Crippen molar-refractivity contribution in [1.29, 1.82) is 5.26 Å². The van der Waals surface area contributed by atoms with Gasteiger partial charge >= 0.3 is 0 Å². The molecule has 2 nitrogen and oxygen atoms in total. The number of hydrogen-bond donors (Lipinski definition) is 0. The van der Waals surface area contributed by atoms with Crippen molar-refractivity contribution in [3.63, 3.8) is 0 Å². The van der Waals surface area contributed by atoms with Crippen molar-refractivity contribution >= 4 is 0 Å². The zero-order valence-electron chi connectivity index (χ0n) is 8.76. The maximum atomic E-state index is 8.83. The van der Waals surface area contributed by atoms with Crippen molar-refractivity contribution in [2.75, 3.05) is 0 Å². The average molecular weight is 176 g/mol. The second-order valence-electron chi connectivity index (χ2n) is 3.90. The molecule has 2 heteroatoms. The molecule has 0 radical (unpaired) electrons. The zero-order chi connectivity index (χ0) is 10.0. The lowest BCUT2D eigenvalue weighted by molar-refractivity contribution is 0.509. The van der Waals surface area contributed by atoms with Crippen LogP contribution >= 0.6 is 0 Å². The summed E-state index contributed by atoms with van der Waals surface area (Å²) in [4.78, 5) is 0. The lowest BCUT2D eigenvalue weighted by Crippen LogP contribution is -2.07. The molecule has 0 saturated carbocycles. The van der Waals surface area contributed by atoms with E-state index in [0.717, 1.165) is 17.8 Å². The minimum Gasteiger partial charge on any atom is -0.348 e. The van der Waals surface area contributed by atoms with Gasteiger partial charge in [-0.25, -0.2) is 0 Å². The van der Waals surface area contributed by atoms with Crippen LogP contribution in [0.4, 0.5) is 0 Å². The molecule has 0 aliphatic carbocycles. The Hall–Kier alpha value is -1.23. The fourth-order valence-electron chi connectivity index (χ4n) is 1.56. The van der Waals surface area contributed by atoms with E-state index in [-0.39, 0.29) is 0 Å². The summed E-state index contributed by atoms with van der Waals surface area (Å²) in [5, 5.41) is 8.83. The van der Waals surface area contributed by atoms with E-state index < -0.39 is 0 Å². The molecule has 0 atom stereocenters. The molecule has 13 heavy (non-hydrogen) atoms. The van der Waals surface area contributed by atoms with Gasteiger partial charge in [-0.05, 0) is 25.8 Å². The van der Waals surface area contributed by atoms with Gasteiger partial charge in [0.1, 0.15) is 6.07 Å². The largest absolute Gasteiger partial charge is 0.348 e. The quantitative estimate of drug-likeness (QED) is 0.681. The molecule has 1 heterocycles. The normalized spacial score (nSPS) is 10.5. The van der Waals surface area contributed by atoms with E-state index in [0.29, 0.717) is 5.92 Å². The summed E-state index contributed by atoms with van der Waals surface area (Å²) < 4.78 is 2.21. The van der Waals surface area contributed by atoms with Gasteiger partial charge in [-0.15, -0.1) is 0 Å². The van der Waals surface area contributed by atoms with E-state index in [9.17, 15) is 0 Å². The van der Waals surface area contributed by atoms with Crippen LogP contribution in [-0.2, 0) is 6.54 Å². The Morgan fingerprint density at radius 2 is 2.08 bits per heavy atom. The second kappa shape index (κ2) is 3.66. The summed E-state index contributed by atoms with van der Waals surface area (Å²) in [6.07, 6.45) is 0. The molecule has 0 aromatic carbocycles. The zero-order valence-corrected chi connectivity index (χ0v) is 8.76. The number of aryl methyl sites for hydroxylation is 1. The van der Waals surface area contributed by atoms with Crippen LogP contribution in [-0.4, -0.2) is 4.57 Å². The Morgan fingerprint density at radius 3 is 2.46 bits per heavy atom. The van der Waals surface area contributed by atoms with Crippen molar-refractivity contribution in [3.05, 3.63) is 23.0 Å². The van der Waals surface area contributed by atoms with Gasteiger partial charge in [-0.2, -0.15) is 5.26 Å². The number of aromatic nitrogens is 1. The Bertz CT molecular complexity index is 340. The van der Waals surface area contributed by atoms with Crippen LogP contribution < -0.4 is 0 Å². The fraction of sp³-hybridized carbons (Fsp3) is 0.545. The molecule has 70 valence electrons. The van der Waals surface area contributed by atoms with E-state index in [2.05, 4.69) is 31.4 Å². The molecule has 0 fully saturated rings. The van der Waals surface area contributed by atoms with E-state index in [4.69, 9.17) is 5.26 Å². The highest BCUT2D eigenvalue weighted by molar-refractivity contribution is 5.37. The van der Waals surface area contributed by atoms with Crippen molar-refractivity contribution in [2.24, 2.45) is 5.92 Å².